The highest BCUT2D eigenvalue weighted by Gasteiger charge is 2.18. The summed E-state index contributed by atoms with van der Waals surface area (Å²) < 4.78 is 2.34. The predicted molar refractivity (Wildman–Crippen MR) is 118 cm³/mol. The smallest absolute Gasteiger partial charge is 0.280 e. The standard InChI is InChI=1S/C21H17N5O4S/c1-24-18-16(20(27)25(2)21(24)28)19(23-17(22-18)14-8-4-3-5-9-14)31-12-13-7-6-10-15(11-13)26(29)30/h3-11H,12H2,1-2H3. The fraction of sp³-hybridized carbons (Fsp3) is 0.143. The van der Waals surface area contributed by atoms with E-state index in [9.17, 15) is 19.7 Å². The van der Waals surface area contributed by atoms with Crippen LogP contribution in [0.3, 0.4) is 0 Å². The highest BCUT2D eigenvalue weighted by atomic mass is 32.2. The van der Waals surface area contributed by atoms with Gasteiger partial charge in [-0.25, -0.2) is 14.8 Å². The summed E-state index contributed by atoms with van der Waals surface area (Å²) in [6.45, 7) is 0. The zero-order chi connectivity index (χ0) is 22.1. The van der Waals surface area contributed by atoms with Crippen molar-refractivity contribution in [1.82, 2.24) is 19.1 Å². The first-order chi connectivity index (χ1) is 14.9. The van der Waals surface area contributed by atoms with Crippen molar-refractivity contribution in [1.29, 1.82) is 0 Å². The van der Waals surface area contributed by atoms with Gasteiger partial charge in [0.25, 0.3) is 11.2 Å². The van der Waals surface area contributed by atoms with Gasteiger partial charge in [-0.05, 0) is 5.56 Å². The lowest BCUT2D eigenvalue weighted by molar-refractivity contribution is -0.384. The van der Waals surface area contributed by atoms with Crippen LogP contribution < -0.4 is 11.2 Å². The van der Waals surface area contributed by atoms with Gasteiger partial charge in [-0.3, -0.25) is 24.0 Å². The van der Waals surface area contributed by atoms with Crippen LogP contribution in [-0.2, 0) is 19.8 Å². The fourth-order valence-corrected chi connectivity index (χ4v) is 4.12. The molecule has 0 spiro atoms. The molecule has 2 aromatic carbocycles. The van der Waals surface area contributed by atoms with Crippen molar-refractivity contribution in [3.63, 3.8) is 0 Å². The van der Waals surface area contributed by atoms with Gasteiger partial charge in [-0.15, -0.1) is 11.8 Å². The Kier molecular flexibility index (Phi) is 5.38. The third-order valence-electron chi connectivity index (χ3n) is 4.80. The van der Waals surface area contributed by atoms with Crippen LogP contribution in [0.2, 0.25) is 0 Å². The van der Waals surface area contributed by atoms with E-state index in [1.807, 2.05) is 30.3 Å². The van der Waals surface area contributed by atoms with Gasteiger partial charge in [0.1, 0.15) is 10.4 Å². The van der Waals surface area contributed by atoms with Gasteiger partial charge >= 0.3 is 5.69 Å². The molecule has 0 N–H and O–H groups in total. The minimum absolute atomic E-state index is 0.00562. The zero-order valence-electron chi connectivity index (χ0n) is 16.7. The number of thioether (sulfide) groups is 1. The van der Waals surface area contributed by atoms with Crippen molar-refractivity contribution in [2.24, 2.45) is 14.1 Å². The van der Waals surface area contributed by atoms with Crippen molar-refractivity contribution >= 4 is 28.5 Å². The first kappa shape index (κ1) is 20.5. The second kappa shape index (κ2) is 8.15. The van der Waals surface area contributed by atoms with E-state index in [-0.39, 0.29) is 16.7 Å². The third-order valence-corrected chi connectivity index (χ3v) is 5.84. The second-order valence-electron chi connectivity index (χ2n) is 6.84. The zero-order valence-corrected chi connectivity index (χ0v) is 17.5. The number of rotatable bonds is 5. The molecule has 0 bridgehead atoms. The van der Waals surface area contributed by atoms with E-state index in [2.05, 4.69) is 9.97 Å². The molecule has 0 atom stereocenters. The first-order valence-electron chi connectivity index (χ1n) is 9.26. The minimum Gasteiger partial charge on any atom is -0.280 e. The van der Waals surface area contributed by atoms with Crippen LogP contribution >= 0.6 is 11.8 Å². The Labute approximate surface area is 180 Å². The van der Waals surface area contributed by atoms with Gasteiger partial charge in [-0.1, -0.05) is 42.5 Å². The molecule has 0 aliphatic carbocycles. The Balaban J connectivity index is 1.88. The van der Waals surface area contributed by atoms with E-state index < -0.39 is 16.2 Å². The summed E-state index contributed by atoms with van der Waals surface area (Å²) in [7, 11) is 2.96. The average Bonchev–Trinajstić information content (AvgIpc) is 2.80. The highest BCUT2D eigenvalue weighted by molar-refractivity contribution is 7.98. The lowest BCUT2D eigenvalue weighted by Gasteiger charge is -2.12. The maximum absolute atomic E-state index is 12.9. The summed E-state index contributed by atoms with van der Waals surface area (Å²) in [5, 5.41) is 11.7. The summed E-state index contributed by atoms with van der Waals surface area (Å²) in [6, 6.07) is 15.6. The molecule has 31 heavy (non-hydrogen) atoms. The SMILES string of the molecule is Cn1c(=O)c2c(SCc3cccc([N+](=O)[O-])c3)nc(-c3ccccc3)nc2n(C)c1=O. The van der Waals surface area contributed by atoms with Crippen LogP contribution in [-0.4, -0.2) is 24.0 Å². The van der Waals surface area contributed by atoms with E-state index in [1.54, 1.807) is 19.2 Å². The van der Waals surface area contributed by atoms with E-state index in [1.165, 1.54) is 35.5 Å². The lowest BCUT2D eigenvalue weighted by atomic mass is 10.2. The Morgan fingerprint density at radius 1 is 1.00 bits per heavy atom. The third kappa shape index (κ3) is 3.84. The van der Waals surface area contributed by atoms with Crippen molar-refractivity contribution < 1.29 is 4.92 Å². The van der Waals surface area contributed by atoms with Gasteiger partial charge in [0.2, 0.25) is 0 Å². The van der Waals surface area contributed by atoms with E-state index in [0.29, 0.717) is 22.2 Å². The Morgan fingerprint density at radius 2 is 1.74 bits per heavy atom. The largest absolute Gasteiger partial charge is 0.332 e. The van der Waals surface area contributed by atoms with Gasteiger partial charge in [0, 0.05) is 37.5 Å². The number of fused-ring (bicyclic) bond motifs is 1. The molecule has 0 saturated heterocycles. The van der Waals surface area contributed by atoms with Crippen molar-refractivity contribution in [2.45, 2.75) is 10.8 Å². The molecule has 4 aromatic rings. The number of nitro groups is 1. The molecular formula is C21H17N5O4S. The number of aromatic nitrogens is 4. The molecule has 0 fully saturated rings. The van der Waals surface area contributed by atoms with Gasteiger partial charge in [0.15, 0.2) is 11.5 Å². The Hall–Kier alpha value is -3.79. The number of nitrogens with zero attached hydrogens (tertiary/aromatic N) is 5. The summed E-state index contributed by atoms with van der Waals surface area (Å²) in [6.07, 6.45) is 0. The molecular weight excluding hydrogens is 418 g/mol. The van der Waals surface area contributed by atoms with E-state index in [4.69, 9.17) is 0 Å². The summed E-state index contributed by atoms with van der Waals surface area (Å²) in [5.74, 6) is 0.742. The molecule has 0 amide bonds. The first-order valence-corrected chi connectivity index (χ1v) is 10.2. The number of hydrogen-bond acceptors (Lipinski definition) is 7. The Bertz CT molecular complexity index is 1430. The molecule has 156 valence electrons. The van der Waals surface area contributed by atoms with Crippen LogP contribution in [0.4, 0.5) is 5.69 Å². The lowest BCUT2D eigenvalue weighted by Crippen LogP contribution is -2.37. The minimum atomic E-state index is -0.487. The molecule has 0 radical (unpaired) electrons. The molecule has 0 aliphatic heterocycles. The van der Waals surface area contributed by atoms with Crippen LogP contribution in [0.25, 0.3) is 22.4 Å². The molecule has 9 nitrogen and oxygen atoms in total. The fourth-order valence-electron chi connectivity index (χ4n) is 3.16. The summed E-state index contributed by atoms with van der Waals surface area (Å²) >= 11 is 1.27. The summed E-state index contributed by atoms with van der Waals surface area (Å²) in [5.41, 5.74) is 0.727. The number of nitro benzene ring substituents is 1. The van der Waals surface area contributed by atoms with Crippen LogP contribution in [0.1, 0.15) is 5.56 Å². The predicted octanol–water partition coefficient (Wildman–Crippen LogP) is 2.89. The van der Waals surface area contributed by atoms with Gasteiger partial charge < -0.3 is 0 Å². The number of aryl methyl sites for hydroxylation is 1. The van der Waals surface area contributed by atoms with Crippen LogP contribution in [0.5, 0.6) is 0 Å². The maximum Gasteiger partial charge on any atom is 0.332 e. The van der Waals surface area contributed by atoms with Crippen molar-refractivity contribution in [3.05, 3.63) is 91.1 Å². The number of benzene rings is 2. The van der Waals surface area contributed by atoms with Crippen molar-refractivity contribution in [2.75, 3.05) is 0 Å². The quantitative estimate of drug-likeness (QED) is 0.205. The van der Waals surface area contributed by atoms with Crippen molar-refractivity contribution in [3.8, 4) is 11.4 Å². The molecule has 2 aromatic heterocycles. The topological polar surface area (TPSA) is 113 Å². The normalized spacial score (nSPS) is 11.0. The van der Waals surface area contributed by atoms with Gasteiger partial charge in [0.05, 0.1) is 4.92 Å². The molecule has 4 rings (SSSR count). The number of non-ortho nitro benzene ring substituents is 1. The van der Waals surface area contributed by atoms with Crippen LogP contribution in [0.15, 0.2) is 69.2 Å². The summed E-state index contributed by atoms with van der Waals surface area (Å²) in [4.78, 5) is 45.0. The molecule has 0 saturated carbocycles. The molecule has 10 heteroatoms. The van der Waals surface area contributed by atoms with Crippen LogP contribution in [0, 0.1) is 10.1 Å². The van der Waals surface area contributed by atoms with E-state index in [0.717, 1.165) is 10.1 Å². The average molecular weight is 435 g/mol. The number of hydrogen-bond donors (Lipinski definition) is 0. The molecule has 0 aliphatic rings. The van der Waals surface area contributed by atoms with E-state index >= 15 is 0 Å². The highest BCUT2D eigenvalue weighted by Crippen LogP contribution is 2.29. The monoisotopic (exact) mass is 435 g/mol. The molecule has 2 heterocycles. The van der Waals surface area contributed by atoms with Gasteiger partial charge in [-0.2, -0.15) is 0 Å². The maximum atomic E-state index is 12.9. The Morgan fingerprint density at radius 3 is 2.45 bits per heavy atom. The second-order valence-corrected chi connectivity index (χ2v) is 7.80. The molecule has 0 unspecified atom stereocenters.